The summed E-state index contributed by atoms with van der Waals surface area (Å²) in [5.74, 6) is 0.0400. The van der Waals surface area contributed by atoms with Gasteiger partial charge in [-0.25, -0.2) is 0 Å². The van der Waals surface area contributed by atoms with E-state index >= 15 is 0 Å². The van der Waals surface area contributed by atoms with Gasteiger partial charge in [0.25, 0.3) is 0 Å². The van der Waals surface area contributed by atoms with E-state index in [0.717, 1.165) is 26.9 Å². The van der Waals surface area contributed by atoms with Gasteiger partial charge in [0.15, 0.2) is 0 Å². The van der Waals surface area contributed by atoms with Crippen molar-refractivity contribution >= 4 is 38.9 Å². The number of benzene rings is 1. The minimum Gasteiger partial charge on any atom is -0.325 e. The third-order valence-electron chi connectivity index (χ3n) is 3.08. The molecule has 1 unspecified atom stereocenters. The summed E-state index contributed by atoms with van der Waals surface area (Å²) >= 11 is 5.16. The molecule has 1 aromatic heterocycles. The van der Waals surface area contributed by atoms with Gasteiger partial charge in [-0.1, -0.05) is 22.0 Å². The van der Waals surface area contributed by atoms with Crippen molar-refractivity contribution in [3.05, 3.63) is 50.1 Å². The van der Waals surface area contributed by atoms with Gasteiger partial charge in [0.2, 0.25) is 5.91 Å². The van der Waals surface area contributed by atoms with Crippen LogP contribution in [0.1, 0.15) is 22.7 Å². The standard InChI is InChI=1S/C13H11BrN2OS/c14-10-5-11-8(4-12(17)16-11)3-9(10)13(15)7-1-2-18-6-7/h1-3,5-6,13H,4,15H2,(H,16,17). The van der Waals surface area contributed by atoms with Crippen LogP contribution in [-0.2, 0) is 11.2 Å². The van der Waals surface area contributed by atoms with Crippen LogP contribution in [0, 0.1) is 0 Å². The van der Waals surface area contributed by atoms with Crippen LogP contribution in [0.5, 0.6) is 0 Å². The summed E-state index contributed by atoms with van der Waals surface area (Å²) in [4.78, 5) is 11.4. The number of amides is 1. The Hall–Kier alpha value is -1.17. The van der Waals surface area contributed by atoms with E-state index in [1.54, 1.807) is 11.3 Å². The highest BCUT2D eigenvalue weighted by atomic mass is 79.9. The maximum absolute atomic E-state index is 11.4. The van der Waals surface area contributed by atoms with Crippen molar-refractivity contribution in [2.24, 2.45) is 5.73 Å². The maximum Gasteiger partial charge on any atom is 0.228 e. The molecular weight excluding hydrogens is 312 g/mol. The summed E-state index contributed by atoms with van der Waals surface area (Å²) in [6.45, 7) is 0. The van der Waals surface area contributed by atoms with E-state index in [9.17, 15) is 4.79 Å². The minimum absolute atomic E-state index is 0.0400. The molecule has 2 heterocycles. The number of anilines is 1. The van der Waals surface area contributed by atoms with Crippen LogP contribution in [0.15, 0.2) is 33.4 Å². The third-order valence-corrected chi connectivity index (χ3v) is 4.47. The Kier molecular flexibility index (Phi) is 2.97. The van der Waals surface area contributed by atoms with E-state index in [1.807, 2.05) is 29.0 Å². The first kappa shape index (κ1) is 11.9. The van der Waals surface area contributed by atoms with Crippen LogP contribution < -0.4 is 11.1 Å². The third kappa shape index (κ3) is 1.98. The second-order valence-electron chi connectivity index (χ2n) is 4.29. The summed E-state index contributed by atoms with van der Waals surface area (Å²) in [7, 11) is 0. The van der Waals surface area contributed by atoms with Crippen LogP contribution in [0.3, 0.4) is 0 Å². The fourth-order valence-corrected chi connectivity index (χ4v) is 3.42. The monoisotopic (exact) mass is 322 g/mol. The fourth-order valence-electron chi connectivity index (χ4n) is 2.14. The Morgan fingerprint density at radius 1 is 1.44 bits per heavy atom. The van der Waals surface area contributed by atoms with E-state index in [1.165, 1.54) is 0 Å². The van der Waals surface area contributed by atoms with Gasteiger partial charge in [-0.3, -0.25) is 4.79 Å². The van der Waals surface area contributed by atoms with E-state index in [-0.39, 0.29) is 11.9 Å². The van der Waals surface area contributed by atoms with Crippen LogP contribution in [-0.4, -0.2) is 5.91 Å². The van der Waals surface area contributed by atoms with Crippen molar-refractivity contribution in [1.29, 1.82) is 0 Å². The summed E-state index contributed by atoms with van der Waals surface area (Å²) in [5, 5.41) is 6.90. The molecule has 0 saturated heterocycles. The molecule has 1 amide bonds. The van der Waals surface area contributed by atoms with Gasteiger partial charge in [0.1, 0.15) is 0 Å². The van der Waals surface area contributed by atoms with Gasteiger partial charge in [-0.05, 0) is 39.6 Å². The number of hydrogen-bond acceptors (Lipinski definition) is 3. The van der Waals surface area contributed by atoms with Crippen molar-refractivity contribution in [3.63, 3.8) is 0 Å². The molecule has 0 aliphatic carbocycles. The quantitative estimate of drug-likeness (QED) is 0.892. The Morgan fingerprint density at radius 2 is 2.28 bits per heavy atom. The lowest BCUT2D eigenvalue weighted by Gasteiger charge is -2.14. The Labute approximate surface area is 117 Å². The molecule has 0 bridgehead atoms. The number of hydrogen-bond donors (Lipinski definition) is 2. The van der Waals surface area contributed by atoms with Crippen molar-refractivity contribution in [2.45, 2.75) is 12.5 Å². The molecule has 5 heteroatoms. The summed E-state index contributed by atoms with van der Waals surface area (Å²) in [5.41, 5.74) is 10.3. The number of carbonyl (C=O) groups is 1. The molecule has 1 aliphatic rings. The molecule has 0 saturated carbocycles. The van der Waals surface area contributed by atoms with Crippen molar-refractivity contribution in [2.75, 3.05) is 5.32 Å². The number of fused-ring (bicyclic) bond motifs is 1. The first-order valence-corrected chi connectivity index (χ1v) is 7.28. The van der Waals surface area contributed by atoms with Crippen LogP contribution in [0.4, 0.5) is 5.69 Å². The molecule has 18 heavy (non-hydrogen) atoms. The van der Waals surface area contributed by atoms with Crippen molar-refractivity contribution in [3.8, 4) is 0 Å². The van der Waals surface area contributed by atoms with Crippen LogP contribution in [0.25, 0.3) is 0 Å². The summed E-state index contributed by atoms with van der Waals surface area (Å²) < 4.78 is 0.933. The highest BCUT2D eigenvalue weighted by Gasteiger charge is 2.22. The van der Waals surface area contributed by atoms with Crippen molar-refractivity contribution < 1.29 is 4.79 Å². The van der Waals surface area contributed by atoms with Crippen LogP contribution in [0.2, 0.25) is 0 Å². The molecule has 92 valence electrons. The maximum atomic E-state index is 11.4. The molecular formula is C13H11BrN2OS. The number of nitrogens with one attached hydrogen (secondary N) is 1. The zero-order valence-corrected chi connectivity index (χ0v) is 11.8. The average Bonchev–Trinajstić information content (AvgIpc) is 2.94. The zero-order valence-electron chi connectivity index (χ0n) is 9.44. The number of halogens is 1. The first-order valence-electron chi connectivity index (χ1n) is 5.55. The van der Waals surface area contributed by atoms with E-state index in [2.05, 4.69) is 21.2 Å². The largest absolute Gasteiger partial charge is 0.325 e. The highest BCUT2D eigenvalue weighted by molar-refractivity contribution is 9.10. The smallest absolute Gasteiger partial charge is 0.228 e. The van der Waals surface area contributed by atoms with Gasteiger partial charge in [0, 0.05) is 10.2 Å². The number of carbonyl (C=O) groups excluding carboxylic acids is 1. The topological polar surface area (TPSA) is 55.1 Å². The molecule has 3 nitrogen and oxygen atoms in total. The number of thiophene rings is 1. The normalized spacial score (nSPS) is 15.3. The van der Waals surface area contributed by atoms with Crippen molar-refractivity contribution in [1.82, 2.24) is 0 Å². The molecule has 3 N–H and O–H groups in total. The fraction of sp³-hybridized carbons (Fsp3) is 0.154. The molecule has 1 aliphatic heterocycles. The summed E-state index contributed by atoms with van der Waals surface area (Å²) in [6, 6.07) is 5.81. The van der Waals surface area contributed by atoms with Gasteiger partial charge in [-0.15, -0.1) is 0 Å². The van der Waals surface area contributed by atoms with E-state index in [4.69, 9.17) is 5.73 Å². The Bertz CT molecular complexity index is 610. The lowest BCUT2D eigenvalue weighted by Crippen LogP contribution is -2.11. The minimum atomic E-state index is -0.161. The predicted molar refractivity (Wildman–Crippen MR) is 76.8 cm³/mol. The molecule has 0 fully saturated rings. The average molecular weight is 323 g/mol. The SMILES string of the molecule is NC(c1ccsc1)c1cc2c(cc1Br)NC(=O)C2. The van der Waals surface area contributed by atoms with Gasteiger partial charge in [0.05, 0.1) is 12.5 Å². The molecule has 3 rings (SSSR count). The predicted octanol–water partition coefficient (Wildman–Crippen LogP) is 3.05. The Morgan fingerprint density at radius 3 is 3.00 bits per heavy atom. The molecule has 1 aromatic carbocycles. The second kappa shape index (κ2) is 4.50. The highest BCUT2D eigenvalue weighted by Crippen LogP contribution is 2.34. The number of rotatable bonds is 2. The second-order valence-corrected chi connectivity index (χ2v) is 5.92. The zero-order chi connectivity index (χ0) is 12.7. The van der Waals surface area contributed by atoms with E-state index in [0.29, 0.717) is 6.42 Å². The van der Waals surface area contributed by atoms with Crippen LogP contribution >= 0.6 is 27.3 Å². The molecule has 1 atom stereocenters. The summed E-state index contributed by atoms with van der Waals surface area (Å²) in [6.07, 6.45) is 0.436. The first-order chi connectivity index (χ1) is 8.65. The van der Waals surface area contributed by atoms with Gasteiger partial charge >= 0.3 is 0 Å². The van der Waals surface area contributed by atoms with Gasteiger partial charge in [-0.2, -0.15) is 11.3 Å². The Balaban J connectivity index is 2.03. The molecule has 2 aromatic rings. The lowest BCUT2D eigenvalue weighted by atomic mass is 9.99. The number of nitrogens with two attached hydrogens (primary N) is 1. The molecule has 0 radical (unpaired) electrons. The molecule has 0 spiro atoms. The van der Waals surface area contributed by atoms with E-state index < -0.39 is 0 Å². The lowest BCUT2D eigenvalue weighted by molar-refractivity contribution is -0.115. The van der Waals surface area contributed by atoms with Gasteiger partial charge < -0.3 is 11.1 Å².